The SMILES string of the molecule is Nc1cc(F)cc(SCC(O)COCc2ccccc2)c1. The van der Waals surface area contributed by atoms with Gasteiger partial charge in [0.15, 0.2) is 0 Å². The molecule has 3 nitrogen and oxygen atoms in total. The fourth-order valence-electron chi connectivity index (χ4n) is 1.80. The number of halogens is 1. The van der Waals surface area contributed by atoms with E-state index >= 15 is 0 Å². The number of benzene rings is 2. The van der Waals surface area contributed by atoms with Crippen LogP contribution in [0.1, 0.15) is 5.56 Å². The third-order valence-electron chi connectivity index (χ3n) is 2.76. The van der Waals surface area contributed by atoms with Gasteiger partial charge in [0.25, 0.3) is 0 Å². The zero-order valence-electron chi connectivity index (χ0n) is 11.5. The summed E-state index contributed by atoms with van der Waals surface area (Å²) in [6.45, 7) is 0.710. The molecular formula is C16H18FNO2S. The van der Waals surface area contributed by atoms with Crippen molar-refractivity contribution < 1.29 is 14.2 Å². The highest BCUT2D eigenvalue weighted by Gasteiger charge is 2.07. The van der Waals surface area contributed by atoms with Gasteiger partial charge in [-0.3, -0.25) is 0 Å². The van der Waals surface area contributed by atoms with Crippen LogP contribution in [-0.2, 0) is 11.3 Å². The quantitative estimate of drug-likeness (QED) is 0.610. The van der Waals surface area contributed by atoms with E-state index in [4.69, 9.17) is 10.5 Å². The molecule has 0 aromatic heterocycles. The van der Waals surface area contributed by atoms with E-state index in [-0.39, 0.29) is 12.4 Å². The molecule has 0 aliphatic carbocycles. The van der Waals surface area contributed by atoms with Crippen LogP contribution in [0.15, 0.2) is 53.4 Å². The standard InChI is InChI=1S/C16H18FNO2S/c17-13-6-14(18)8-16(7-13)21-11-15(19)10-20-9-12-4-2-1-3-5-12/h1-8,15,19H,9-11,18H2. The predicted octanol–water partition coefficient (Wildman–Crippen LogP) is 3.08. The van der Waals surface area contributed by atoms with Crippen LogP contribution in [0.5, 0.6) is 0 Å². The maximum Gasteiger partial charge on any atom is 0.126 e. The number of nitrogen functional groups attached to an aromatic ring is 1. The van der Waals surface area contributed by atoms with E-state index in [9.17, 15) is 9.50 Å². The third-order valence-corrected chi connectivity index (χ3v) is 3.88. The summed E-state index contributed by atoms with van der Waals surface area (Å²) in [4.78, 5) is 0.703. The molecule has 112 valence electrons. The van der Waals surface area contributed by atoms with Crippen molar-refractivity contribution in [2.24, 2.45) is 0 Å². The molecule has 1 unspecified atom stereocenters. The Bertz CT molecular complexity index is 545. The first-order chi connectivity index (χ1) is 10.1. The Hall–Kier alpha value is -1.56. The van der Waals surface area contributed by atoms with Gasteiger partial charge in [-0.05, 0) is 23.8 Å². The fourth-order valence-corrected chi connectivity index (χ4v) is 2.69. The van der Waals surface area contributed by atoms with Crippen molar-refractivity contribution >= 4 is 17.4 Å². The van der Waals surface area contributed by atoms with Crippen LogP contribution in [-0.4, -0.2) is 23.6 Å². The molecule has 2 aromatic carbocycles. The minimum Gasteiger partial charge on any atom is -0.399 e. The Morgan fingerprint density at radius 2 is 1.95 bits per heavy atom. The molecule has 2 rings (SSSR count). The van der Waals surface area contributed by atoms with Gasteiger partial charge in [-0.1, -0.05) is 30.3 Å². The van der Waals surface area contributed by atoms with Gasteiger partial charge in [-0.2, -0.15) is 0 Å². The minimum atomic E-state index is -0.608. The van der Waals surface area contributed by atoms with Crippen molar-refractivity contribution in [3.8, 4) is 0 Å². The molecule has 0 amide bonds. The number of aliphatic hydroxyl groups is 1. The Morgan fingerprint density at radius 1 is 1.19 bits per heavy atom. The summed E-state index contributed by atoms with van der Waals surface area (Å²) in [6.07, 6.45) is -0.608. The second kappa shape index (κ2) is 8.02. The van der Waals surface area contributed by atoms with E-state index in [0.29, 0.717) is 22.9 Å². The lowest BCUT2D eigenvalue weighted by molar-refractivity contribution is 0.0398. The molecule has 21 heavy (non-hydrogen) atoms. The van der Waals surface area contributed by atoms with Gasteiger partial charge in [-0.15, -0.1) is 11.8 Å². The van der Waals surface area contributed by atoms with E-state index in [1.807, 2.05) is 30.3 Å². The first kappa shape index (κ1) is 15.8. The normalized spacial score (nSPS) is 12.3. The molecular weight excluding hydrogens is 289 g/mol. The second-order valence-corrected chi connectivity index (χ2v) is 5.78. The van der Waals surface area contributed by atoms with Crippen molar-refractivity contribution in [3.63, 3.8) is 0 Å². The molecule has 0 aliphatic heterocycles. The van der Waals surface area contributed by atoms with Gasteiger partial charge in [0.05, 0.1) is 19.3 Å². The number of nitrogens with two attached hydrogens (primary N) is 1. The van der Waals surface area contributed by atoms with Crippen molar-refractivity contribution in [1.82, 2.24) is 0 Å². The molecule has 0 saturated carbocycles. The molecule has 0 radical (unpaired) electrons. The van der Waals surface area contributed by atoms with E-state index in [1.165, 1.54) is 23.9 Å². The predicted molar refractivity (Wildman–Crippen MR) is 83.6 cm³/mol. The highest BCUT2D eigenvalue weighted by molar-refractivity contribution is 7.99. The summed E-state index contributed by atoms with van der Waals surface area (Å²) in [6, 6.07) is 14.1. The molecule has 0 saturated heterocycles. The van der Waals surface area contributed by atoms with E-state index < -0.39 is 6.10 Å². The number of thioether (sulfide) groups is 1. The Balaban J connectivity index is 1.71. The first-order valence-corrected chi connectivity index (χ1v) is 7.60. The van der Waals surface area contributed by atoms with Crippen molar-refractivity contribution in [2.45, 2.75) is 17.6 Å². The van der Waals surface area contributed by atoms with Crippen molar-refractivity contribution in [1.29, 1.82) is 0 Å². The molecule has 0 bridgehead atoms. The number of anilines is 1. The van der Waals surface area contributed by atoms with Gasteiger partial charge in [0.1, 0.15) is 5.82 Å². The van der Waals surface area contributed by atoms with Gasteiger partial charge < -0.3 is 15.6 Å². The second-order valence-electron chi connectivity index (χ2n) is 4.69. The largest absolute Gasteiger partial charge is 0.399 e. The van der Waals surface area contributed by atoms with Crippen LogP contribution >= 0.6 is 11.8 Å². The highest BCUT2D eigenvalue weighted by Crippen LogP contribution is 2.22. The maximum absolute atomic E-state index is 13.2. The zero-order valence-corrected chi connectivity index (χ0v) is 12.4. The van der Waals surface area contributed by atoms with Crippen LogP contribution in [0, 0.1) is 5.82 Å². The minimum absolute atomic E-state index is 0.243. The van der Waals surface area contributed by atoms with Gasteiger partial charge in [0, 0.05) is 16.3 Å². The number of ether oxygens (including phenoxy) is 1. The maximum atomic E-state index is 13.2. The third kappa shape index (κ3) is 5.75. The van der Waals surface area contributed by atoms with Crippen LogP contribution in [0.3, 0.4) is 0 Å². The molecule has 2 aromatic rings. The lowest BCUT2D eigenvalue weighted by Gasteiger charge is -2.11. The first-order valence-electron chi connectivity index (χ1n) is 6.62. The summed E-state index contributed by atoms with van der Waals surface area (Å²) in [5.74, 6) is 0.0600. The topological polar surface area (TPSA) is 55.5 Å². The number of rotatable bonds is 7. The van der Waals surface area contributed by atoms with Gasteiger partial charge in [-0.25, -0.2) is 4.39 Å². The summed E-state index contributed by atoms with van der Waals surface area (Å²) >= 11 is 1.35. The van der Waals surface area contributed by atoms with E-state index in [2.05, 4.69) is 0 Å². The zero-order chi connectivity index (χ0) is 15.1. The average molecular weight is 307 g/mol. The van der Waals surface area contributed by atoms with Crippen LogP contribution in [0.25, 0.3) is 0 Å². The van der Waals surface area contributed by atoms with Crippen LogP contribution in [0.2, 0.25) is 0 Å². The summed E-state index contributed by atoms with van der Waals surface area (Å²) in [7, 11) is 0. The summed E-state index contributed by atoms with van der Waals surface area (Å²) < 4.78 is 18.6. The van der Waals surface area contributed by atoms with Gasteiger partial charge >= 0.3 is 0 Å². The highest BCUT2D eigenvalue weighted by atomic mass is 32.2. The molecule has 3 N–H and O–H groups in total. The molecule has 5 heteroatoms. The van der Waals surface area contributed by atoms with Gasteiger partial charge in [0.2, 0.25) is 0 Å². The van der Waals surface area contributed by atoms with E-state index in [1.54, 1.807) is 6.07 Å². The number of hydrogen-bond donors (Lipinski definition) is 2. The van der Waals surface area contributed by atoms with E-state index in [0.717, 1.165) is 5.56 Å². The molecule has 0 heterocycles. The lowest BCUT2D eigenvalue weighted by atomic mass is 10.2. The number of aliphatic hydroxyl groups excluding tert-OH is 1. The number of hydrogen-bond acceptors (Lipinski definition) is 4. The van der Waals surface area contributed by atoms with Crippen molar-refractivity contribution in [2.75, 3.05) is 18.1 Å². The lowest BCUT2D eigenvalue weighted by Crippen LogP contribution is -2.17. The Labute approximate surface area is 127 Å². The molecule has 1 atom stereocenters. The van der Waals surface area contributed by atoms with Crippen LogP contribution in [0.4, 0.5) is 10.1 Å². The average Bonchev–Trinajstić information content (AvgIpc) is 2.45. The van der Waals surface area contributed by atoms with Crippen molar-refractivity contribution in [3.05, 3.63) is 59.9 Å². The molecule has 0 spiro atoms. The van der Waals surface area contributed by atoms with Crippen LogP contribution < -0.4 is 5.73 Å². The summed E-state index contributed by atoms with van der Waals surface area (Å²) in [5, 5.41) is 9.86. The monoisotopic (exact) mass is 307 g/mol. The molecule has 0 aliphatic rings. The Kier molecular flexibility index (Phi) is 6.04. The Morgan fingerprint density at radius 3 is 2.67 bits per heavy atom. The summed E-state index contributed by atoms with van der Waals surface area (Å²) in [5.41, 5.74) is 7.02. The fraction of sp³-hybridized carbons (Fsp3) is 0.250. The smallest absolute Gasteiger partial charge is 0.126 e. The molecule has 0 fully saturated rings.